The van der Waals surface area contributed by atoms with Gasteiger partial charge in [0, 0.05) is 19.0 Å². The van der Waals surface area contributed by atoms with Gasteiger partial charge in [0.25, 0.3) is 0 Å². The van der Waals surface area contributed by atoms with E-state index in [0.29, 0.717) is 18.5 Å². The number of methoxy groups -OCH3 is 1. The summed E-state index contributed by atoms with van der Waals surface area (Å²) in [6.45, 7) is 2.23. The van der Waals surface area contributed by atoms with Crippen LogP contribution in [-0.4, -0.2) is 25.6 Å². The molecule has 0 radical (unpaired) electrons. The fourth-order valence-electron chi connectivity index (χ4n) is 1.63. The molecule has 18 heavy (non-hydrogen) atoms. The summed E-state index contributed by atoms with van der Waals surface area (Å²) in [4.78, 5) is 11.6. The van der Waals surface area contributed by atoms with Gasteiger partial charge >= 0.3 is 0 Å². The van der Waals surface area contributed by atoms with Crippen molar-refractivity contribution in [3.63, 3.8) is 0 Å². The number of hydrogen-bond acceptors (Lipinski definition) is 3. The molecule has 1 rings (SSSR count). The Kier molecular flexibility index (Phi) is 5.58. The predicted octanol–water partition coefficient (Wildman–Crippen LogP) is 1.23. The summed E-state index contributed by atoms with van der Waals surface area (Å²) < 4.78 is 18.4. The minimum atomic E-state index is -0.411. The molecule has 1 aromatic carbocycles. The molecule has 0 aliphatic heterocycles. The lowest BCUT2D eigenvalue weighted by atomic mass is 10.1. The van der Waals surface area contributed by atoms with E-state index in [0.717, 1.165) is 0 Å². The quantitative estimate of drug-likeness (QED) is 0.802. The summed E-state index contributed by atoms with van der Waals surface area (Å²) in [5, 5.41) is 2.75. The highest BCUT2D eigenvalue weighted by atomic mass is 19.1. The van der Waals surface area contributed by atoms with Crippen LogP contribution in [-0.2, 0) is 11.2 Å². The first-order chi connectivity index (χ1) is 8.58. The van der Waals surface area contributed by atoms with Crippen molar-refractivity contribution in [3.8, 4) is 5.75 Å². The summed E-state index contributed by atoms with van der Waals surface area (Å²) >= 11 is 0. The molecule has 0 aromatic heterocycles. The minimum Gasteiger partial charge on any atom is -0.493 e. The summed E-state index contributed by atoms with van der Waals surface area (Å²) in [7, 11) is 1.42. The number of hydrogen-bond donors (Lipinski definition) is 2. The first-order valence-electron chi connectivity index (χ1n) is 5.89. The summed E-state index contributed by atoms with van der Waals surface area (Å²) in [5.74, 6) is -0.304. The van der Waals surface area contributed by atoms with E-state index >= 15 is 0 Å². The molecule has 0 bridgehead atoms. The summed E-state index contributed by atoms with van der Waals surface area (Å²) in [5.41, 5.74) is 6.10. The predicted molar refractivity (Wildman–Crippen MR) is 67.9 cm³/mol. The van der Waals surface area contributed by atoms with E-state index < -0.39 is 5.82 Å². The van der Waals surface area contributed by atoms with Crippen LogP contribution in [0.4, 0.5) is 4.39 Å². The summed E-state index contributed by atoms with van der Waals surface area (Å²) in [6.07, 6.45) is 0.716. The van der Waals surface area contributed by atoms with Crippen LogP contribution in [0.15, 0.2) is 18.2 Å². The largest absolute Gasteiger partial charge is 0.493 e. The van der Waals surface area contributed by atoms with Crippen molar-refractivity contribution >= 4 is 5.91 Å². The molecule has 0 saturated carbocycles. The molecule has 1 atom stereocenters. The molecule has 4 nitrogen and oxygen atoms in total. The maximum Gasteiger partial charge on any atom is 0.220 e. The normalized spacial score (nSPS) is 12.0. The molecular weight excluding hydrogens is 235 g/mol. The Labute approximate surface area is 106 Å². The Balaban J connectivity index is 2.58. The second-order valence-electron chi connectivity index (χ2n) is 4.14. The Bertz CT molecular complexity index is 410. The van der Waals surface area contributed by atoms with E-state index in [4.69, 9.17) is 10.5 Å². The Morgan fingerprint density at radius 2 is 2.28 bits per heavy atom. The van der Waals surface area contributed by atoms with Crippen LogP contribution < -0.4 is 15.8 Å². The molecule has 0 aliphatic carbocycles. The molecule has 100 valence electrons. The molecule has 1 amide bonds. The van der Waals surface area contributed by atoms with Crippen LogP contribution in [0.5, 0.6) is 5.75 Å². The Morgan fingerprint density at radius 3 is 2.89 bits per heavy atom. The van der Waals surface area contributed by atoms with Crippen molar-refractivity contribution in [1.82, 2.24) is 5.32 Å². The third-order valence-electron chi connectivity index (χ3n) is 2.63. The van der Waals surface area contributed by atoms with Gasteiger partial charge in [0.05, 0.1) is 7.11 Å². The molecular formula is C13H19FN2O2. The molecule has 0 saturated heterocycles. The third-order valence-corrected chi connectivity index (χ3v) is 2.63. The lowest BCUT2D eigenvalue weighted by Crippen LogP contribution is -2.37. The standard InChI is InChI=1S/C13H19FN2O2/c1-9(8-15)16-12(17)7-6-10-4-3-5-11(14)13(10)18-2/h3-5,9H,6-8,15H2,1-2H3,(H,16,17). The molecule has 0 heterocycles. The molecule has 0 spiro atoms. The van der Waals surface area contributed by atoms with Crippen molar-refractivity contribution in [2.45, 2.75) is 25.8 Å². The Hall–Kier alpha value is -1.62. The van der Waals surface area contributed by atoms with Crippen LogP contribution in [0.25, 0.3) is 0 Å². The van der Waals surface area contributed by atoms with Gasteiger partial charge in [-0.25, -0.2) is 4.39 Å². The number of carbonyl (C=O) groups excluding carboxylic acids is 1. The van der Waals surface area contributed by atoms with E-state index in [1.54, 1.807) is 12.1 Å². The van der Waals surface area contributed by atoms with Crippen LogP contribution in [0.1, 0.15) is 18.9 Å². The Morgan fingerprint density at radius 1 is 1.56 bits per heavy atom. The van der Waals surface area contributed by atoms with Crippen LogP contribution >= 0.6 is 0 Å². The van der Waals surface area contributed by atoms with Gasteiger partial charge in [-0.05, 0) is 25.0 Å². The summed E-state index contributed by atoms with van der Waals surface area (Å²) in [6, 6.07) is 4.64. The monoisotopic (exact) mass is 254 g/mol. The number of aryl methyl sites for hydroxylation is 1. The zero-order chi connectivity index (χ0) is 13.5. The zero-order valence-corrected chi connectivity index (χ0v) is 10.7. The fourth-order valence-corrected chi connectivity index (χ4v) is 1.63. The molecule has 3 N–H and O–H groups in total. The number of benzene rings is 1. The smallest absolute Gasteiger partial charge is 0.220 e. The lowest BCUT2D eigenvalue weighted by molar-refractivity contribution is -0.121. The number of ether oxygens (including phenoxy) is 1. The fraction of sp³-hybridized carbons (Fsp3) is 0.462. The highest BCUT2D eigenvalue weighted by Crippen LogP contribution is 2.23. The van der Waals surface area contributed by atoms with Gasteiger partial charge in [-0.3, -0.25) is 4.79 Å². The number of para-hydroxylation sites is 1. The first-order valence-corrected chi connectivity index (χ1v) is 5.89. The van der Waals surface area contributed by atoms with Gasteiger partial charge in [0.1, 0.15) is 0 Å². The number of rotatable bonds is 6. The van der Waals surface area contributed by atoms with E-state index in [1.807, 2.05) is 6.92 Å². The molecule has 0 fully saturated rings. The zero-order valence-electron chi connectivity index (χ0n) is 10.7. The van der Waals surface area contributed by atoms with Gasteiger partial charge in [0.2, 0.25) is 5.91 Å². The second-order valence-corrected chi connectivity index (χ2v) is 4.14. The highest BCUT2D eigenvalue weighted by Gasteiger charge is 2.11. The van der Waals surface area contributed by atoms with Crippen LogP contribution in [0, 0.1) is 5.82 Å². The average Bonchev–Trinajstić information content (AvgIpc) is 2.36. The van der Waals surface area contributed by atoms with Crippen LogP contribution in [0.2, 0.25) is 0 Å². The van der Waals surface area contributed by atoms with Gasteiger partial charge < -0.3 is 15.8 Å². The van der Waals surface area contributed by atoms with Crippen molar-refractivity contribution in [3.05, 3.63) is 29.6 Å². The number of carbonyl (C=O) groups is 1. The topological polar surface area (TPSA) is 64.3 Å². The van der Waals surface area contributed by atoms with Crippen molar-refractivity contribution in [2.24, 2.45) is 5.73 Å². The first kappa shape index (κ1) is 14.4. The lowest BCUT2D eigenvalue weighted by Gasteiger charge is -2.12. The SMILES string of the molecule is COc1c(F)cccc1CCC(=O)NC(C)CN. The van der Waals surface area contributed by atoms with E-state index in [9.17, 15) is 9.18 Å². The number of halogens is 1. The molecule has 5 heteroatoms. The van der Waals surface area contributed by atoms with E-state index in [-0.39, 0.29) is 24.1 Å². The van der Waals surface area contributed by atoms with Gasteiger partial charge in [-0.2, -0.15) is 0 Å². The van der Waals surface area contributed by atoms with Crippen molar-refractivity contribution in [2.75, 3.05) is 13.7 Å². The van der Waals surface area contributed by atoms with Gasteiger partial charge in [-0.1, -0.05) is 12.1 Å². The number of amides is 1. The van der Waals surface area contributed by atoms with E-state index in [2.05, 4.69) is 5.32 Å². The molecule has 1 aromatic rings. The number of nitrogens with one attached hydrogen (secondary N) is 1. The minimum absolute atomic E-state index is 0.0492. The molecule has 0 aliphatic rings. The van der Waals surface area contributed by atoms with Gasteiger partial charge in [0.15, 0.2) is 11.6 Å². The maximum absolute atomic E-state index is 13.4. The average molecular weight is 254 g/mol. The molecule has 1 unspecified atom stereocenters. The van der Waals surface area contributed by atoms with Crippen molar-refractivity contribution in [1.29, 1.82) is 0 Å². The highest BCUT2D eigenvalue weighted by molar-refractivity contribution is 5.76. The maximum atomic E-state index is 13.4. The van der Waals surface area contributed by atoms with Gasteiger partial charge in [-0.15, -0.1) is 0 Å². The van der Waals surface area contributed by atoms with Crippen molar-refractivity contribution < 1.29 is 13.9 Å². The number of nitrogens with two attached hydrogens (primary N) is 1. The van der Waals surface area contributed by atoms with Crippen LogP contribution in [0.3, 0.4) is 0 Å². The third kappa shape index (κ3) is 4.00. The second kappa shape index (κ2) is 6.96. The van der Waals surface area contributed by atoms with E-state index in [1.165, 1.54) is 13.2 Å².